The first-order valence-electron chi connectivity index (χ1n) is 5.02. The Labute approximate surface area is 95.5 Å². The van der Waals surface area contributed by atoms with Gasteiger partial charge in [-0.3, -0.25) is 14.9 Å². The molecule has 17 heavy (non-hydrogen) atoms. The Hall–Kier alpha value is -2.31. The van der Waals surface area contributed by atoms with Crippen molar-refractivity contribution in [3.05, 3.63) is 27.8 Å². The van der Waals surface area contributed by atoms with Gasteiger partial charge in [0.25, 0.3) is 5.69 Å². The summed E-state index contributed by atoms with van der Waals surface area (Å²) in [4.78, 5) is 21.3. The summed E-state index contributed by atoms with van der Waals surface area (Å²) in [6.45, 7) is 0.0625. The number of nitro benzene ring substituents is 1. The van der Waals surface area contributed by atoms with E-state index in [2.05, 4.69) is 5.32 Å². The largest absolute Gasteiger partial charge is 0.454 e. The van der Waals surface area contributed by atoms with Gasteiger partial charge in [0.05, 0.1) is 29.0 Å². The lowest BCUT2D eigenvalue weighted by Gasteiger charge is -2.26. The molecular formula is C10H8N2O5. The number of nitrogens with one attached hydrogen (secondary N) is 1. The number of hydrogen-bond acceptors (Lipinski definition) is 5. The molecule has 1 atom stereocenters. The van der Waals surface area contributed by atoms with Crippen molar-refractivity contribution in [3.63, 3.8) is 0 Å². The lowest BCUT2D eigenvalue weighted by molar-refractivity contribution is -0.385. The van der Waals surface area contributed by atoms with E-state index in [9.17, 15) is 14.9 Å². The van der Waals surface area contributed by atoms with Crippen LogP contribution in [0.25, 0.3) is 0 Å². The van der Waals surface area contributed by atoms with Crippen molar-refractivity contribution in [2.75, 3.05) is 6.79 Å². The fourth-order valence-corrected chi connectivity index (χ4v) is 1.93. The van der Waals surface area contributed by atoms with Crippen molar-refractivity contribution in [2.24, 2.45) is 0 Å². The number of benzene rings is 1. The van der Waals surface area contributed by atoms with E-state index in [1.807, 2.05) is 0 Å². The predicted octanol–water partition coefficient (Wildman–Crippen LogP) is 0.884. The van der Waals surface area contributed by atoms with Crippen LogP contribution in [0.5, 0.6) is 11.5 Å². The number of fused-ring (bicyclic) bond motifs is 1. The molecule has 1 unspecified atom stereocenters. The number of nitrogens with zero attached hydrogens (tertiary/aromatic N) is 1. The lowest BCUT2D eigenvalue weighted by atomic mass is 9.95. The summed E-state index contributed by atoms with van der Waals surface area (Å²) in [5.74, 6) is 0.736. The van der Waals surface area contributed by atoms with Gasteiger partial charge in [0.1, 0.15) is 0 Å². The number of rotatable bonds is 2. The average molecular weight is 236 g/mol. The molecule has 1 aromatic rings. The summed E-state index contributed by atoms with van der Waals surface area (Å²) >= 11 is 0. The van der Waals surface area contributed by atoms with Crippen LogP contribution in [0.15, 0.2) is 12.1 Å². The Balaban J connectivity index is 2.05. The Morgan fingerprint density at radius 3 is 2.59 bits per heavy atom. The van der Waals surface area contributed by atoms with Crippen molar-refractivity contribution in [3.8, 4) is 11.5 Å². The van der Waals surface area contributed by atoms with Gasteiger partial charge in [-0.2, -0.15) is 0 Å². The molecule has 1 saturated heterocycles. The van der Waals surface area contributed by atoms with Gasteiger partial charge >= 0.3 is 0 Å². The molecule has 0 spiro atoms. The molecule has 88 valence electrons. The van der Waals surface area contributed by atoms with E-state index < -0.39 is 4.92 Å². The molecule has 0 aliphatic carbocycles. The minimum absolute atomic E-state index is 0.0562. The molecule has 2 aliphatic heterocycles. The Bertz CT molecular complexity index is 520. The van der Waals surface area contributed by atoms with Gasteiger partial charge in [0, 0.05) is 0 Å². The molecule has 2 aliphatic rings. The van der Waals surface area contributed by atoms with Gasteiger partial charge in [0.2, 0.25) is 12.7 Å². The standard InChI is InChI=1S/C10H8N2O5/c13-10-2-6(11-10)5-1-8-9(17-4-16-8)3-7(5)12(14)15/h1,3,6H,2,4H2,(H,11,13). The normalized spacial score (nSPS) is 20.7. The number of nitro groups is 1. The molecule has 0 saturated carbocycles. The van der Waals surface area contributed by atoms with Crippen LogP contribution in [0.3, 0.4) is 0 Å². The van der Waals surface area contributed by atoms with Crippen molar-refractivity contribution in [1.82, 2.24) is 5.32 Å². The molecule has 0 radical (unpaired) electrons. The Morgan fingerprint density at radius 2 is 2.00 bits per heavy atom. The van der Waals surface area contributed by atoms with Crippen LogP contribution in [-0.4, -0.2) is 17.6 Å². The maximum absolute atomic E-state index is 10.9. The van der Waals surface area contributed by atoms with Gasteiger partial charge < -0.3 is 14.8 Å². The van der Waals surface area contributed by atoms with Crippen molar-refractivity contribution in [1.29, 1.82) is 0 Å². The first kappa shape index (κ1) is 9.88. The molecule has 7 nitrogen and oxygen atoms in total. The number of amides is 1. The topological polar surface area (TPSA) is 90.7 Å². The minimum atomic E-state index is -0.484. The van der Waals surface area contributed by atoms with Gasteiger partial charge in [-0.25, -0.2) is 0 Å². The molecule has 2 heterocycles. The van der Waals surface area contributed by atoms with Crippen LogP contribution in [0.2, 0.25) is 0 Å². The Morgan fingerprint density at radius 1 is 1.35 bits per heavy atom. The van der Waals surface area contributed by atoms with Crippen molar-refractivity contribution < 1.29 is 19.2 Å². The van der Waals surface area contributed by atoms with E-state index in [4.69, 9.17) is 9.47 Å². The molecule has 0 bridgehead atoms. The third kappa shape index (κ3) is 1.47. The first-order valence-corrected chi connectivity index (χ1v) is 5.02. The molecule has 7 heteroatoms. The van der Waals surface area contributed by atoms with Crippen LogP contribution in [0.4, 0.5) is 5.69 Å². The second-order valence-corrected chi connectivity index (χ2v) is 3.85. The minimum Gasteiger partial charge on any atom is -0.454 e. The summed E-state index contributed by atoms with van der Waals surface area (Å²) in [6.07, 6.45) is 0.264. The molecule has 3 rings (SSSR count). The highest BCUT2D eigenvalue weighted by Crippen LogP contribution is 2.42. The van der Waals surface area contributed by atoms with Crippen LogP contribution < -0.4 is 14.8 Å². The molecule has 0 aromatic heterocycles. The number of ether oxygens (including phenoxy) is 2. The SMILES string of the molecule is O=C1CC(c2cc3c(cc2[N+](=O)[O-])OCO3)N1. The number of carbonyl (C=O) groups excluding carboxylic acids is 1. The van der Waals surface area contributed by atoms with Gasteiger partial charge in [-0.15, -0.1) is 0 Å². The van der Waals surface area contributed by atoms with Crippen LogP contribution in [-0.2, 0) is 4.79 Å². The van der Waals surface area contributed by atoms with Crippen molar-refractivity contribution >= 4 is 11.6 Å². The van der Waals surface area contributed by atoms with Crippen molar-refractivity contribution in [2.45, 2.75) is 12.5 Å². The fraction of sp³-hybridized carbons (Fsp3) is 0.300. The van der Waals surface area contributed by atoms with E-state index in [0.717, 1.165) is 0 Å². The third-order valence-corrected chi connectivity index (χ3v) is 2.82. The molecular weight excluding hydrogens is 228 g/mol. The quantitative estimate of drug-likeness (QED) is 0.467. The molecule has 1 aromatic carbocycles. The van der Waals surface area contributed by atoms with E-state index in [-0.39, 0.29) is 30.9 Å². The van der Waals surface area contributed by atoms with Crippen LogP contribution in [0, 0.1) is 10.1 Å². The molecule has 1 fully saturated rings. The maximum Gasteiger partial charge on any atom is 0.278 e. The number of carbonyl (C=O) groups is 1. The van der Waals surface area contributed by atoms with Crippen LogP contribution >= 0.6 is 0 Å². The van der Waals surface area contributed by atoms with E-state index in [1.54, 1.807) is 6.07 Å². The van der Waals surface area contributed by atoms with E-state index >= 15 is 0 Å². The highest BCUT2D eigenvalue weighted by molar-refractivity contribution is 5.84. The Kier molecular flexibility index (Phi) is 1.94. The molecule has 1 amide bonds. The lowest BCUT2D eigenvalue weighted by Crippen LogP contribution is -2.41. The number of hydrogen-bond donors (Lipinski definition) is 1. The first-order chi connectivity index (χ1) is 8.15. The van der Waals surface area contributed by atoms with E-state index in [1.165, 1.54) is 6.07 Å². The van der Waals surface area contributed by atoms with Gasteiger partial charge in [-0.05, 0) is 6.07 Å². The molecule has 1 N–H and O–H groups in total. The summed E-state index contributed by atoms with van der Waals surface area (Å²) in [6, 6.07) is 2.59. The summed E-state index contributed by atoms with van der Waals surface area (Å²) in [5, 5.41) is 13.5. The zero-order valence-corrected chi connectivity index (χ0v) is 8.63. The zero-order chi connectivity index (χ0) is 12.0. The fourth-order valence-electron chi connectivity index (χ4n) is 1.93. The van der Waals surface area contributed by atoms with Gasteiger partial charge in [-0.1, -0.05) is 0 Å². The average Bonchev–Trinajstić information content (AvgIpc) is 2.69. The highest BCUT2D eigenvalue weighted by Gasteiger charge is 2.34. The smallest absolute Gasteiger partial charge is 0.278 e. The summed E-state index contributed by atoms with van der Waals surface area (Å²) in [7, 11) is 0. The van der Waals surface area contributed by atoms with Crippen LogP contribution in [0.1, 0.15) is 18.0 Å². The summed E-state index contributed by atoms with van der Waals surface area (Å²) in [5.41, 5.74) is 0.401. The van der Waals surface area contributed by atoms with Gasteiger partial charge in [0.15, 0.2) is 11.5 Å². The predicted molar refractivity (Wildman–Crippen MR) is 54.7 cm³/mol. The third-order valence-electron chi connectivity index (χ3n) is 2.82. The zero-order valence-electron chi connectivity index (χ0n) is 8.63. The second kappa shape index (κ2) is 3.34. The summed E-state index contributed by atoms with van der Waals surface area (Å²) < 4.78 is 10.2. The maximum atomic E-state index is 10.9. The monoisotopic (exact) mass is 236 g/mol. The van der Waals surface area contributed by atoms with E-state index in [0.29, 0.717) is 17.1 Å². The second-order valence-electron chi connectivity index (χ2n) is 3.85. The highest BCUT2D eigenvalue weighted by atomic mass is 16.7. The number of β-lactam (4-membered cyclic amide) rings is 1.